The van der Waals surface area contributed by atoms with Gasteiger partial charge in [-0.2, -0.15) is 0 Å². The van der Waals surface area contributed by atoms with Gasteiger partial charge in [0.25, 0.3) is 0 Å². The minimum Gasteiger partial charge on any atom is -0.508 e. The summed E-state index contributed by atoms with van der Waals surface area (Å²) < 4.78 is 6.03. The van der Waals surface area contributed by atoms with Crippen LogP contribution in [0.2, 0.25) is 0 Å². The highest BCUT2D eigenvalue weighted by Gasteiger charge is 2.38. The molecule has 4 N–H and O–H groups in total. The quantitative estimate of drug-likeness (QED) is 0.478. The van der Waals surface area contributed by atoms with Gasteiger partial charge in [0.15, 0.2) is 0 Å². The fourth-order valence-corrected chi connectivity index (χ4v) is 5.06. The maximum Gasteiger partial charge on any atom is 0.243 e. The summed E-state index contributed by atoms with van der Waals surface area (Å²) in [4.78, 5) is 41.7. The fourth-order valence-electron chi connectivity index (χ4n) is 5.06. The van der Waals surface area contributed by atoms with Crippen LogP contribution in [0.15, 0.2) is 54.6 Å². The van der Waals surface area contributed by atoms with Crippen LogP contribution in [0.1, 0.15) is 43.7 Å². The number of phenolic OH excluding ortho intramolecular Hbond substituents is 1. The molecule has 2 aliphatic heterocycles. The number of amides is 3. The van der Waals surface area contributed by atoms with Crippen molar-refractivity contribution < 1.29 is 24.2 Å². The highest BCUT2D eigenvalue weighted by Crippen LogP contribution is 2.22. The maximum absolute atomic E-state index is 13.8. The molecule has 39 heavy (non-hydrogen) atoms. The Morgan fingerprint density at radius 2 is 1.82 bits per heavy atom. The first-order valence-corrected chi connectivity index (χ1v) is 13.7. The Morgan fingerprint density at radius 3 is 2.62 bits per heavy atom. The zero-order valence-electron chi connectivity index (χ0n) is 22.4. The number of fused-ring (bicyclic) bond motifs is 2. The lowest BCUT2D eigenvalue weighted by atomic mass is 10.0. The summed E-state index contributed by atoms with van der Waals surface area (Å²) in [5.41, 5.74) is 1.76. The minimum atomic E-state index is -0.672. The van der Waals surface area contributed by atoms with Crippen molar-refractivity contribution in [1.29, 1.82) is 0 Å². The number of aromatic hydroxyl groups is 1. The largest absolute Gasteiger partial charge is 0.508 e. The number of hydrogen-bond donors (Lipinski definition) is 4. The Balaban J connectivity index is 1.60. The summed E-state index contributed by atoms with van der Waals surface area (Å²) in [5.74, 6) is 0.155. The molecule has 208 valence electrons. The molecule has 0 radical (unpaired) electrons. The average molecular weight is 535 g/mol. The zero-order chi connectivity index (χ0) is 27.6. The molecule has 9 heteroatoms. The smallest absolute Gasteiger partial charge is 0.243 e. The molecular formula is C30H38N4O5. The van der Waals surface area contributed by atoms with Crippen LogP contribution in [0.3, 0.4) is 0 Å². The summed E-state index contributed by atoms with van der Waals surface area (Å²) in [7, 11) is 0. The van der Waals surface area contributed by atoms with E-state index in [9.17, 15) is 19.5 Å². The predicted octanol–water partition coefficient (Wildman–Crippen LogP) is 2.39. The Morgan fingerprint density at radius 1 is 1.03 bits per heavy atom. The van der Waals surface area contributed by atoms with Gasteiger partial charge >= 0.3 is 0 Å². The molecule has 0 bridgehead atoms. The van der Waals surface area contributed by atoms with E-state index in [1.165, 1.54) is 0 Å². The molecule has 2 aromatic carbocycles. The summed E-state index contributed by atoms with van der Waals surface area (Å²) in [6, 6.07) is 12.5. The van der Waals surface area contributed by atoms with Crippen LogP contribution in [-0.4, -0.2) is 72.1 Å². The molecule has 0 spiro atoms. The molecule has 9 nitrogen and oxygen atoms in total. The van der Waals surface area contributed by atoms with Gasteiger partial charge in [-0.1, -0.05) is 55.8 Å². The van der Waals surface area contributed by atoms with Crippen LogP contribution in [0, 0.1) is 0 Å². The zero-order valence-corrected chi connectivity index (χ0v) is 22.4. The molecule has 0 aliphatic carbocycles. The van der Waals surface area contributed by atoms with Gasteiger partial charge < -0.3 is 30.7 Å². The van der Waals surface area contributed by atoms with Crippen LogP contribution in [0.5, 0.6) is 11.5 Å². The molecule has 3 atom stereocenters. The van der Waals surface area contributed by atoms with Crippen molar-refractivity contribution in [3.05, 3.63) is 65.7 Å². The van der Waals surface area contributed by atoms with Crippen molar-refractivity contribution in [2.45, 2.75) is 57.2 Å². The lowest BCUT2D eigenvalue weighted by Crippen LogP contribution is -2.56. The lowest BCUT2D eigenvalue weighted by molar-refractivity contribution is -0.141. The van der Waals surface area contributed by atoms with E-state index >= 15 is 0 Å². The van der Waals surface area contributed by atoms with Crippen molar-refractivity contribution in [3.63, 3.8) is 0 Å². The second-order valence-corrected chi connectivity index (χ2v) is 9.95. The number of ether oxygens (including phenoxy) is 1. The van der Waals surface area contributed by atoms with Gasteiger partial charge in [0.05, 0.1) is 6.04 Å². The molecule has 1 fully saturated rings. The van der Waals surface area contributed by atoms with Crippen molar-refractivity contribution >= 4 is 23.8 Å². The van der Waals surface area contributed by atoms with E-state index in [4.69, 9.17) is 4.74 Å². The number of carbonyl (C=O) groups excluding carboxylic acids is 3. The second-order valence-electron chi connectivity index (χ2n) is 9.95. The van der Waals surface area contributed by atoms with Crippen molar-refractivity contribution in [2.24, 2.45) is 0 Å². The molecule has 1 unspecified atom stereocenters. The van der Waals surface area contributed by atoms with E-state index in [1.807, 2.05) is 43.3 Å². The van der Waals surface area contributed by atoms with E-state index in [2.05, 4.69) is 16.0 Å². The topological polar surface area (TPSA) is 120 Å². The number of hydrogen-bond acceptors (Lipinski definition) is 6. The van der Waals surface area contributed by atoms with Crippen LogP contribution in [-0.2, 0) is 20.8 Å². The number of carbonyl (C=O) groups is 3. The molecule has 1 saturated heterocycles. The van der Waals surface area contributed by atoms with Gasteiger partial charge in [0, 0.05) is 25.2 Å². The molecule has 2 heterocycles. The number of para-hydroxylation sites is 1. The highest BCUT2D eigenvalue weighted by atomic mass is 16.5. The molecule has 0 saturated carbocycles. The van der Waals surface area contributed by atoms with Crippen LogP contribution < -0.4 is 20.7 Å². The predicted molar refractivity (Wildman–Crippen MR) is 149 cm³/mol. The number of rotatable bonds is 4. The second kappa shape index (κ2) is 13.8. The standard InChI is InChI=1S/C30H38N4O5/c1-2-7-24-28(36)32-16-5-9-22-8-3-4-11-27(22)39-19-17-31-25(20-21-12-14-23(35)15-13-21)30(38)34-18-6-10-26(34)29(37)33-24/h3-5,8-9,11-15,24-26,31,35H,2,6-7,10,16-20H2,1H3,(H,32,36)(H,33,37)/t24-,25+,26?/m0/s1. The van der Waals surface area contributed by atoms with E-state index in [-0.39, 0.29) is 23.5 Å². The van der Waals surface area contributed by atoms with Crippen molar-refractivity contribution in [1.82, 2.24) is 20.9 Å². The molecule has 0 aromatic heterocycles. The third kappa shape index (κ3) is 7.60. The summed E-state index contributed by atoms with van der Waals surface area (Å²) >= 11 is 0. The van der Waals surface area contributed by atoms with E-state index in [0.29, 0.717) is 57.7 Å². The summed E-state index contributed by atoms with van der Waals surface area (Å²) in [6.45, 7) is 3.52. The SMILES string of the molecule is CCC[C@@H]1NC(=O)C2CCCN2C(=O)[C@@H](Cc2ccc(O)cc2)NCCOc2ccccc2C=CCNC1=O. The molecule has 4 rings (SSSR count). The van der Waals surface area contributed by atoms with Gasteiger partial charge in [-0.15, -0.1) is 0 Å². The van der Waals surface area contributed by atoms with Gasteiger partial charge in [0.1, 0.15) is 30.2 Å². The summed E-state index contributed by atoms with van der Waals surface area (Å²) in [6.07, 6.45) is 6.64. The maximum atomic E-state index is 13.8. The van der Waals surface area contributed by atoms with E-state index in [0.717, 1.165) is 17.5 Å². The number of nitrogens with one attached hydrogen (secondary N) is 3. The third-order valence-electron chi connectivity index (χ3n) is 7.08. The number of nitrogens with zero attached hydrogens (tertiary/aromatic N) is 1. The Hall–Kier alpha value is -3.85. The van der Waals surface area contributed by atoms with Crippen LogP contribution in [0.4, 0.5) is 0 Å². The van der Waals surface area contributed by atoms with Gasteiger partial charge in [0.2, 0.25) is 17.7 Å². The Bertz CT molecular complexity index is 1170. The Labute approximate surface area is 229 Å². The van der Waals surface area contributed by atoms with Crippen LogP contribution >= 0.6 is 0 Å². The minimum absolute atomic E-state index is 0.158. The number of benzene rings is 2. The normalized spacial score (nSPS) is 23.1. The molecule has 2 aromatic rings. The van der Waals surface area contributed by atoms with Gasteiger partial charge in [-0.3, -0.25) is 14.4 Å². The first kappa shape index (κ1) is 28.2. The highest BCUT2D eigenvalue weighted by molar-refractivity contribution is 5.93. The first-order chi connectivity index (χ1) is 19.0. The summed E-state index contributed by atoms with van der Waals surface area (Å²) in [5, 5.41) is 18.8. The third-order valence-corrected chi connectivity index (χ3v) is 7.08. The van der Waals surface area contributed by atoms with Crippen LogP contribution in [0.25, 0.3) is 6.08 Å². The monoisotopic (exact) mass is 534 g/mol. The Kier molecular flexibility index (Phi) is 9.97. The average Bonchev–Trinajstić information content (AvgIpc) is 3.43. The molecular weight excluding hydrogens is 496 g/mol. The molecule has 3 amide bonds. The van der Waals surface area contributed by atoms with Gasteiger partial charge in [-0.25, -0.2) is 0 Å². The van der Waals surface area contributed by atoms with E-state index in [1.54, 1.807) is 29.2 Å². The van der Waals surface area contributed by atoms with Crippen molar-refractivity contribution in [3.8, 4) is 11.5 Å². The number of phenols is 1. The fraction of sp³-hybridized carbons (Fsp3) is 0.433. The first-order valence-electron chi connectivity index (χ1n) is 13.7. The van der Waals surface area contributed by atoms with Crippen molar-refractivity contribution in [2.75, 3.05) is 26.2 Å². The lowest BCUT2D eigenvalue weighted by Gasteiger charge is -2.30. The van der Waals surface area contributed by atoms with E-state index < -0.39 is 18.1 Å². The van der Waals surface area contributed by atoms with Gasteiger partial charge in [-0.05, 0) is 49.4 Å². The molecule has 2 aliphatic rings.